The number of anilines is 2. The summed E-state index contributed by atoms with van der Waals surface area (Å²) < 4.78 is 18.3. The van der Waals surface area contributed by atoms with Crippen LogP contribution in [0.3, 0.4) is 0 Å². The van der Waals surface area contributed by atoms with E-state index < -0.39 is 5.82 Å². The Kier molecular flexibility index (Phi) is 6.68. The molecule has 0 atom stereocenters. The van der Waals surface area contributed by atoms with Gasteiger partial charge >= 0.3 is 0 Å². The van der Waals surface area contributed by atoms with Gasteiger partial charge in [-0.3, -0.25) is 14.5 Å². The highest BCUT2D eigenvalue weighted by Crippen LogP contribution is 2.16. The van der Waals surface area contributed by atoms with Crippen LogP contribution in [-0.2, 0) is 9.59 Å². The summed E-state index contributed by atoms with van der Waals surface area (Å²) in [5.74, 6) is -0.284. The Hall–Kier alpha value is -2.93. The molecule has 0 aromatic heterocycles. The maximum atomic E-state index is 13.3. The average molecular weight is 359 g/mol. The number of rotatable bonds is 7. The van der Waals surface area contributed by atoms with Gasteiger partial charge in [-0.1, -0.05) is 6.07 Å². The Morgan fingerprint density at radius 2 is 1.65 bits per heavy atom. The molecular weight excluding hydrogens is 337 g/mol. The minimum atomic E-state index is -0.418. The Bertz CT molecular complexity index is 778. The molecule has 138 valence electrons. The predicted molar refractivity (Wildman–Crippen MR) is 98.9 cm³/mol. The summed E-state index contributed by atoms with van der Waals surface area (Å²) in [6.07, 6.45) is 0. The van der Waals surface area contributed by atoms with Crippen LogP contribution >= 0.6 is 0 Å². The SMILES string of the molecule is COc1ccc(NC(=O)CN(C)CC(=O)Nc2cc(F)ccc2C)cc1. The lowest BCUT2D eigenvalue weighted by atomic mass is 10.2. The molecule has 0 aliphatic rings. The summed E-state index contributed by atoms with van der Waals surface area (Å²) in [4.78, 5) is 25.7. The zero-order chi connectivity index (χ0) is 19.1. The molecule has 0 bridgehead atoms. The Balaban J connectivity index is 1.82. The highest BCUT2D eigenvalue weighted by molar-refractivity contribution is 5.95. The number of halogens is 1. The van der Waals surface area contributed by atoms with E-state index in [0.717, 1.165) is 5.56 Å². The fourth-order valence-electron chi connectivity index (χ4n) is 2.34. The van der Waals surface area contributed by atoms with E-state index in [9.17, 15) is 14.0 Å². The first-order valence-corrected chi connectivity index (χ1v) is 8.06. The van der Waals surface area contributed by atoms with Crippen molar-refractivity contribution in [2.45, 2.75) is 6.92 Å². The number of methoxy groups -OCH3 is 1. The third kappa shape index (κ3) is 5.86. The van der Waals surface area contributed by atoms with Gasteiger partial charge in [0.1, 0.15) is 11.6 Å². The standard InChI is InChI=1S/C19H22FN3O3/c1-13-4-5-14(20)10-17(13)22-19(25)12-23(2)11-18(24)21-15-6-8-16(26-3)9-7-15/h4-10H,11-12H2,1-3H3,(H,21,24)(H,22,25). The van der Waals surface area contributed by atoms with Crippen LogP contribution in [0.4, 0.5) is 15.8 Å². The number of carbonyl (C=O) groups is 2. The van der Waals surface area contributed by atoms with Crippen molar-refractivity contribution < 1.29 is 18.7 Å². The first-order chi connectivity index (χ1) is 12.4. The van der Waals surface area contributed by atoms with Crippen molar-refractivity contribution in [3.05, 3.63) is 53.8 Å². The third-order valence-corrected chi connectivity index (χ3v) is 3.67. The number of likely N-dealkylation sites (N-methyl/N-ethyl adjacent to an activating group) is 1. The Labute approximate surface area is 152 Å². The zero-order valence-corrected chi connectivity index (χ0v) is 15.0. The van der Waals surface area contributed by atoms with E-state index in [-0.39, 0.29) is 24.9 Å². The fourth-order valence-corrected chi connectivity index (χ4v) is 2.34. The number of hydrogen-bond acceptors (Lipinski definition) is 4. The predicted octanol–water partition coefficient (Wildman–Crippen LogP) is 2.65. The quantitative estimate of drug-likeness (QED) is 0.797. The number of nitrogens with one attached hydrogen (secondary N) is 2. The van der Waals surface area contributed by atoms with Crippen LogP contribution in [0, 0.1) is 12.7 Å². The van der Waals surface area contributed by atoms with Crippen LogP contribution in [0.2, 0.25) is 0 Å². The van der Waals surface area contributed by atoms with Crippen LogP contribution < -0.4 is 15.4 Å². The number of nitrogens with zero attached hydrogens (tertiary/aromatic N) is 1. The molecule has 0 heterocycles. The monoisotopic (exact) mass is 359 g/mol. The number of hydrogen-bond donors (Lipinski definition) is 2. The molecule has 0 saturated heterocycles. The summed E-state index contributed by atoms with van der Waals surface area (Å²) >= 11 is 0. The molecule has 0 fully saturated rings. The summed E-state index contributed by atoms with van der Waals surface area (Å²) in [6.45, 7) is 1.83. The number of carbonyl (C=O) groups excluding carboxylic acids is 2. The second-order valence-corrected chi connectivity index (χ2v) is 5.96. The molecule has 2 aromatic carbocycles. The van der Waals surface area contributed by atoms with E-state index in [1.54, 1.807) is 56.3 Å². The molecule has 26 heavy (non-hydrogen) atoms. The summed E-state index contributed by atoms with van der Waals surface area (Å²) in [7, 11) is 3.23. The van der Waals surface area contributed by atoms with E-state index in [1.165, 1.54) is 12.1 Å². The lowest BCUT2D eigenvalue weighted by Crippen LogP contribution is -2.36. The van der Waals surface area contributed by atoms with Crippen molar-refractivity contribution in [2.75, 3.05) is 37.9 Å². The van der Waals surface area contributed by atoms with Gasteiger partial charge < -0.3 is 15.4 Å². The molecule has 6 nitrogen and oxygen atoms in total. The van der Waals surface area contributed by atoms with E-state index >= 15 is 0 Å². The van der Waals surface area contributed by atoms with Gasteiger partial charge in [0.05, 0.1) is 20.2 Å². The maximum Gasteiger partial charge on any atom is 0.238 e. The first kappa shape index (κ1) is 19.4. The van der Waals surface area contributed by atoms with Gasteiger partial charge in [0.15, 0.2) is 0 Å². The van der Waals surface area contributed by atoms with E-state index in [4.69, 9.17) is 4.74 Å². The molecule has 2 N–H and O–H groups in total. The molecule has 0 saturated carbocycles. The lowest BCUT2D eigenvalue weighted by Gasteiger charge is -2.16. The second-order valence-electron chi connectivity index (χ2n) is 5.96. The van der Waals surface area contributed by atoms with Crippen molar-refractivity contribution in [1.82, 2.24) is 4.90 Å². The van der Waals surface area contributed by atoms with Crippen molar-refractivity contribution in [2.24, 2.45) is 0 Å². The minimum Gasteiger partial charge on any atom is -0.497 e. The number of ether oxygens (including phenoxy) is 1. The van der Waals surface area contributed by atoms with Crippen LogP contribution in [-0.4, -0.2) is 44.0 Å². The van der Waals surface area contributed by atoms with E-state index in [2.05, 4.69) is 10.6 Å². The third-order valence-electron chi connectivity index (χ3n) is 3.67. The van der Waals surface area contributed by atoms with Crippen LogP contribution in [0.5, 0.6) is 5.75 Å². The molecule has 2 amide bonds. The first-order valence-electron chi connectivity index (χ1n) is 8.06. The van der Waals surface area contributed by atoms with Crippen LogP contribution in [0.1, 0.15) is 5.56 Å². The van der Waals surface area contributed by atoms with Gasteiger partial charge in [-0.05, 0) is 55.9 Å². The minimum absolute atomic E-state index is 0.00594. The maximum absolute atomic E-state index is 13.3. The molecular formula is C19H22FN3O3. The average Bonchev–Trinajstić information content (AvgIpc) is 2.58. The number of amides is 2. The van der Waals surface area contributed by atoms with Crippen LogP contribution in [0.25, 0.3) is 0 Å². The van der Waals surface area contributed by atoms with Crippen molar-refractivity contribution in [3.63, 3.8) is 0 Å². The van der Waals surface area contributed by atoms with Gasteiger partial charge in [0.25, 0.3) is 0 Å². The summed E-state index contributed by atoms with van der Waals surface area (Å²) in [5, 5.41) is 5.40. The topological polar surface area (TPSA) is 70.7 Å². The van der Waals surface area contributed by atoms with Crippen molar-refractivity contribution >= 4 is 23.2 Å². The highest BCUT2D eigenvalue weighted by Gasteiger charge is 2.12. The van der Waals surface area contributed by atoms with Gasteiger partial charge in [0.2, 0.25) is 11.8 Å². The molecule has 0 spiro atoms. The molecule has 7 heteroatoms. The number of benzene rings is 2. The molecule has 0 aliphatic carbocycles. The number of aryl methyl sites for hydroxylation is 1. The van der Waals surface area contributed by atoms with E-state index in [0.29, 0.717) is 17.1 Å². The van der Waals surface area contributed by atoms with Gasteiger partial charge in [-0.15, -0.1) is 0 Å². The Morgan fingerprint density at radius 1 is 1.04 bits per heavy atom. The van der Waals surface area contributed by atoms with Crippen molar-refractivity contribution in [1.29, 1.82) is 0 Å². The van der Waals surface area contributed by atoms with E-state index in [1.807, 2.05) is 0 Å². The molecule has 0 aliphatic heterocycles. The normalized spacial score (nSPS) is 10.5. The van der Waals surface area contributed by atoms with Gasteiger partial charge in [-0.25, -0.2) is 4.39 Å². The van der Waals surface area contributed by atoms with Gasteiger partial charge in [-0.2, -0.15) is 0 Å². The van der Waals surface area contributed by atoms with Crippen molar-refractivity contribution in [3.8, 4) is 5.75 Å². The lowest BCUT2D eigenvalue weighted by molar-refractivity contribution is -0.119. The Morgan fingerprint density at radius 3 is 2.27 bits per heavy atom. The largest absolute Gasteiger partial charge is 0.497 e. The summed E-state index contributed by atoms with van der Waals surface area (Å²) in [5.41, 5.74) is 1.83. The summed E-state index contributed by atoms with van der Waals surface area (Å²) in [6, 6.07) is 11.1. The molecule has 2 rings (SSSR count). The molecule has 0 unspecified atom stereocenters. The smallest absolute Gasteiger partial charge is 0.238 e. The highest BCUT2D eigenvalue weighted by atomic mass is 19.1. The van der Waals surface area contributed by atoms with Crippen LogP contribution in [0.15, 0.2) is 42.5 Å². The molecule has 0 radical (unpaired) electrons. The zero-order valence-electron chi connectivity index (χ0n) is 15.0. The fraction of sp³-hybridized carbons (Fsp3) is 0.263. The molecule has 2 aromatic rings. The second kappa shape index (κ2) is 8.96. The van der Waals surface area contributed by atoms with Gasteiger partial charge in [0, 0.05) is 11.4 Å².